The zero-order valence-corrected chi connectivity index (χ0v) is 8.58. The summed E-state index contributed by atoms with van der Waals surface area (Å²) in [5.74, 6) is 0. The van der Waals surface area contributed by atoms with Gasteiger partial charge >= 0.3 is 0 Å². The van der Waals surface area contributed by atoms with Crippen LogP contribution in [0, 0.1) is 0 Å². The van der Waals surface area contributed by atoms with Gasteiger partial charge in [0, 0.05) is 6.54 Å². The molecule has 1 aromatic rings. The molecule has 0 radical (unpaired) electrons. The first kappa shape index (κ1) is 9.52. The van der Waals surface area contributed by atoms with Gasteiger partial charge in [-0.25, -0.2) is 4.98 Å². The predicted octanol–water partition coefficient (Wildman–Crippen LogP) is 2.92. The highest BCUT2D eigenvalue weighted by atomic mass is 32.1. The van der Waals surface area contributed by atoms with E-state index in [-0.39, 0.29) is 0 Å². The van der Waals surface area contributed by atoms with Gasteiger partial charge in [-0.1, -0.05) is 20.3 Å². The molecule has 0 unspecified atom stereocenters. The van der Waals surface area contributed by atoms with Crippen LogP contribution < -0.4 is 5.32 Å². The average Bonchev–Trinajstić information content (AvgIpc) is 2.52. The van der Waals surface area contributed by atoms with Crippen LogP contribution in [0.1, 0.15) is 32.4 Å². The van der Waals surface area contributed by atoms with Gasteiger partial charge < -0.3 is 5.32 Å². The van der Waals surface area contributed by atoms with Crippen LogP contribution >= 0.6 is 11.3 Å². The molecule has 68 valence electrons. The third-order valence-corrected chi connectivity index (χ3v) is 2.62. The quantitative estimate of drug-likeness (QED) is 0.712. The Bertz CT molecular complexity index is 220. The van der Waals surface area contributed by atoms with Gasteiger partial charge in [-0.05, 0) is 12.8 Å². The monoisotopic (exact) mass is 184 g/mol. The minimum atomic E-state index is 1.03. The lowest BCUT2D eigenvalue weighted by Gasteiger charge is -2.02. The van der Waals surface area contributed by atoms with E-state index in [1.165, 1.54) is 23.5 Å². The number of hydrogen-bond acceptors (Lipinski definition) is 3. The molecule has 0 bridgehead atoms. The molecule has 2 nitrogen and oxygen atoms in total. The molecule has 0 fully saturated rings. The Hall–Kier alpha value is -0.570. The minimum absolute atomic E-state index is 1.03. The van der Waals surface area contributed by atoms with Crippen LogP contribution in [0.3, 0.4) is 0 Å². The summed E-state index contributed by atoms with van der Waals surface area (Å²) >= 11 is 1.70. The summed E-state index contributed by atoms with van der Waals surface area (Å²) in [5, 5.41) is 4.66. The van der Waals surface area contributed by atoms with E-state index in [0.717, 1.165) is 13.0 Å². The lowest BCUT2D eigenvalue weighted by atomic mass is 10.3. The summed E-state index contributed by atoms with van der Waals surface area (Å²) in [6.45, 7) is 5.42. The highest BCUT2D eigenvalue weighted by molar-refractivity contribution is 7.14. The first-order chi connectivity index (χ1) is 5.88. The number of nitrogens with zero attached hydrogens (tertiary/aromatic N) is 1. The van der Waals surface area contributed by atoms with Crippen LogP contribution in [0.25, 0.3) is 0 Å². The topological polar surface area (TPSA) is 24.9 Å². The Morgan fingerprint density at radius 1 is 1.50 bits per heavy atom. The number of thiazole rings is 1. The number of hydrogen-bond donors (Lipinski definition) is 1. The fourth-order valence-corrected chi connectivity index (χ4v) is 1.85. The molecule has 1 heterocycles. The number of aromatic nitrogens is 1. The summed E-state index contributed by atoms with van der Waals surface area (Å²) in [7, 11) is 0. The summed E-state index contributed by atoms with van der Waals surface area (Å²) in [6, 6.07) is 0. The first-order valence-electron chi connectivity index (χ1n) is 4.54. The molecule has 0 saturated heterocycles. The number of nitrogens with one attached hydrogen (secondary N) is 1. The van der Waals surface area contributed by atoms with Gasteiger partial charge in [-0.3, -0.25) is 0 Å². The second-order valence-corrected chi connectivity index (χ2v) is 3.62. The molecule has 12 heavy (non-hydrogen) atoms. The second kappa shape index (κ2) is 5.14. The van der Waals surface area contributed by atoms with Crippen molar-refractivity contribution < 1.29 is 0 Å². The second-order valence-electron chi connectivity index (χ2n) is 2.76. The fraction of sp³-hybridized carbons (Fsp3) is 0.667. The maximum absolute atomic E-state index is 4.27. The SMILES string of the molecule is CCCCNc1scnc1CC. The summed E-state index contributed by atoms with van der Waals surface area (Å²) in [6.07, 6.45) is 3.51. The van der Waals surface area contributed by atoms with Crippen LogP contribution in [0.4, 0.5) is 5.00 Å². The van der Waals surface area contributed by atoms with Crippen molar-refractivity contribution in [2.24, 2.45) is 0 Å². The number of unbranched alkanes of at least 4 members (excludes halogenated alkanes) is 1. The largest absolute Gasteiger partial charge is 0.375 e. The van der Waals surface area contributed by atoms with E-state index >= 15 is 0 Å². The predicted molar refractivity (Wildman–Crippen MR) is 54.9 cm³/mol. The molecule has 0 spiro atoms. The third kappa shape index (κ3) is 2.48. The van der Waals surface area contributed by atoms with E-state index < -0.39 is 0 Å². The molecule has 1 N–H and O–H groups in total. The van der Waals surface area contributed by atoms with E-state index in [1.807, 2.05) is 5.51 Å². The zero-order valence-electron chi connectivity index (χ0n) is 7.76. The van der Waals surface area contributed by atoms with Crippen LogP contribution in [0.15, 0.2) is 5.51 Å². The van der Waals surface area contributed by atoms with Gasteiger partial charge in [0.15, 0.2) is 0 Å². The van der Waals surface area contributed by atoms with Crippen LogP contribution in [0.2, 0.25) is 0 Å². The molecule has 0 aliphatic rings. The van der Waals surface area contributed by atoms with Crippen molar-refractivity contribution in [3.8, 4) is 0 Å². The number of anilines is 1. The molecule has 0 saturated carbocycles. The van der Waals surface area contributed by atoms with Crippen molar-refractivity contribution in [3.63, 3.8) is 0 Å². The van der Waals surface area contributed by atoms with Crippen molar-refractivity contribution in [3.05, 3.63) is 11.2 Å². The summed E-state index contributed by atoms with van der Waals surface area (Å²) in [4.78, 5) is 4.27. The highest BCUT2D eigenvalue weighted by Crippen LogP contribution is 2.20. The molecule has 3 heteroatoms. The van der Waals surface area contributed by atoms with Crippen molar-refractivity contribution in [2.45, 2.75) is 33.1 Å². The fourth-order valence-electron chi connectivity index (χ4n) is 1.04. The maximum Gasteiger partial charge on any atom is 0.112 e. The van der Waals surface area contributed by atoms with Crippen molar-refractivity contribution in [1.82, 2.24) is 4.98 Å². The molecule has 1 aromatic heterocycles. The molecule has 0 atom stereocenters. The van der Waals surface area contributed by atoms with E-state index in [2.05, 4.69) is 24.1 Å². The van der Waals surface area contributed by atoms with Gasteiger partial charge in [-0.2, -0.15) is 0 Å². The Balaban J connectivity index is 2.39. The number of aryl methyl sites for hydroxylation is 1. The van der Waals surface area contributed by atoms with Crippen LogP contribution in [0.5, 0.6) is 0 Å². The first-order valence-corrected chi connectivity index (χ1v) is 5.42. The van der Waals surface area contributed by atoms with Gasteiger partial charge in [0.05, 0.1) is 11.2 Å². The van der Waals surface area contributed by atoms with Crippen LogP contribution in [-0.2, 0) is 6.42 Å². The van der Waals surface area contributed by atoms with Gasteiger partial charge in [0.2, 0.25) is 0 Å². The summed E-state index contributed by atoms with van der Waals surface area (Å²) in [5.41, 5.74) is 3.11. The van der Waals surface area contributed by atoms with Crippen molar-refractivity contribution in [1.29, 1.82) is 0 Å². The Morgan fingerprint density at radius 2 is 2.33 bits per heavy atom. The molecular weight excluding hydrogens is 168 g/mol. The van der Waals surface area contributed by atoms with Crippen LogP contribution in [-0.4, -0.2) is 11.5 Å². The zero-order chi connectivity index (χ0) is 8.81. The third-order valence-electron chi connectivity index (χ3n) is 1.79. The van der Waals surface area contributed by atoms with E-state index in [1.54, 1.807) is 11.3 Å². The maximum atomic E-state index is 4.27. The standard InChI is InChI=1S/C9H16N2S/c1-3-5-6-10-9-8(4-2)11-7-12-9/h7,10H,3-6H2,1-2H3. The lowest BCUT2D eigenvalue weighted by molar-refractivity contribution is 0.834. The van der Waals surface area contributed by atoms with Crippen molar-refractivity contribution in [2.75, 3.05) is 11.9 Å². The molecule has 0 aromatic carbocycles. The van der Waals surface area contributed by atoms with Crippen molar-refractivity contribution >= 4 is 16.3 Å². The van der Waals surface area contributed by atoms with Gasteiger partial charge in [0.1, 0.15) is 5.00 Å². The molecule has 0 amide bonds. The van der Waals surface area contributed by atoms with E-state index in [9.17, 15) is 0 Å². The smallest absolute Gasteiger partial charge is 0.112 e. The highest BCUT2D eigenvalue weighted by Gasteiger charge is 2.01. The van der Waals surface area contributed by atoms with E-state index in [4.69, 9.17) is 0 Å². The minimum Gasteiger partial charge on any atom is -0.375 e. The molecule has 0 aliphatic heterocycles. The Kier molecular flexibility index (Phi) is 4.08. The van der Waals surface area contributed by atoms with E-state index in [0.29, 0.717) is 0 Å². The normalized spacial score (nSPS) is 10.2. The Labute approximate surface area is 78.0 Å². The van der Waals surface area contributed by atoms with Gasteiger partial charge in [-0.15, -0.1) is 11.3 Å². The lowest BCUT2D eigenvalue weighted by Crippen LogP contribution is -2.01. The molecular formula is C9H16N2S. The Morgan fingerprint density at radius 3 is 3.00 bits per heavy atom. The summed E-state index contributed by atoms with van der Waals surface area (Å²) < 4.78 is 0. The number of rotatable bonds is 5. The van der Waals surface area contributed by atoms with Gasteiger partial charge in [0.25, 0.3) is 0 Å². The molecule has 0 aliphatic carbocycles. The average molecular weight is 184 g/mol. The molecule has 1 rings (SSSR count).